The van der Waals surface area contributed by atoms with E-state index in [1.165, 1.54) is 0 Å². The summed E-state index contributed by atoms with van der Waals surface area (Å²) in [6.07, 6.45) is 1.74. The highest BCUT2D eigenvalue weighted by Gasteiger charge is 1.99. The van der Waals surface area contributed by atoms with E-state index in [0.717, 1.165) is 22.8 Å². The number of pyridine rings is 1. The molecule has 1 heterocycles. The second-order valence-electron chi connectivity index (χ2n) is 3.56. The molecule has 0 aliphatic heterocycles. The summed E-state index contributed by atoms with van der Waals surface area (Å²) < 4.78 is 0. The van der Waals surface area contributed by atoms with E-state index in [4.69, 9.17) is 17.3 Å². The van der Waals surface area contributed by atoms with Gasteiger partial charge in [-0.15, -0.1) is 0 Å². The molecule has 0 saturated heterocycles. The zero-order valence-electron chi connectivity index (χ0n) is 8.87. The number of nitrogens with zero attached hydrogens (tertiary/aromatic N) is 1. The Bertz CT molecular complexity index is 494. The number of halogens is 1. The van der Waals surface area contributed by atoms with Crippen molar-refractivity contribution in [3.05, 3.63) is 47.1 Å². The van der Waals surface area contributed by atoms with Crippen molar-refractivity contribution in [2.45, 2.75) is 6.92 Å². The lowest BCUT2D eigenvalue weighted by Gasteiger charge is -2.07. The number of aryl methyl sites for hydroxylation is 1. The third kappa shape index (κ3) is 2.44. The van der Waals surface area contributed by atoms with E-state index in [-0.39, 0.29) is 0 Å². The minimum absolute atomic E-state index is 0.710. The molecule has 0 fully saturated rings. The molecule has 0 radical (unpaired) electrons. The standard InChI is InChI=1S/C12H12ClN3/c1-8-7-15-12(6-11(8)14)16-10-4-2-9(13)3-5-10/h2-7H,1H3,(H3,14,15,16). The molecule has 1 aromatic carbocycles. The number of nitrogens with one attached hydrogen (secondary N) is 1. The molecule has 2 rings (SSSR count). The van der Waals surface area contributed by atoms with Gasteiger partial charge in [0.25, 0.3) is 0 Å². The predicted molar refractivity (Wildman–Crippen MR) is 68.1 cm³/mol. The van der Waals surface area contributed by atoms with Gasteiger partial charge in [0.1, 0.15) is 5.82 Å². The highest BCUT2D eigenvalue weighted by atomic mass is 35.5. The van der Waals surface area contributed by atoms with E-state index < -0.39 is 0 Å². The SMILES string of the molecule is Cc1cnc(Nc2ccc(Cl)cc2)cc1N. The van der Waals surface area contributed by atoms with E-state index in [0.29, 0.717) is 5.02 Å². The smallest absolute Gasteiger partial charge is 0.132 e. The number of nitrogen functional groups attached to an aromatic ring is 1. The summed E-state index contributed by atoms with van der Waals surface area (Å²) in [6.45, 7) is 1.93. The van der Waals surface area contributed by atoms with Gasteiger partial charge in [-0.05, 0) is 36.8 Å². The van der Waals surface area contributed by atoms with Gasteiger partial charge in [0.15, 0.2) is 0 Å². The number of benzene rings is 1. The van der Waals surface area contributed by atoms with Gasteiger partial charge >= 0.3 is 0 Å². The number of rotatable bonds is 2. The van der Waals surface area contributed by atoms with Gasteiger partial charge in [0.05, 0.1) is 0 Å². The van der Waals surface area contributed by atoms with Crippen LogP contribution in [-0.2, 0) is 0 Å². The fourth-order valence-corrected chi connectivity index (χ4v) is 1.41. The average molecular weight is 234 g/mol. The van der Waals surface area contributed by atoms with Gasteiger partial charge in [-0.2, -0.15) is 0 Å². The maximum Gasteiger partial charge on any atom is 0.132 e. The van der Waals surface area contributed by atoms with Gasteiger partial charge in [-0.1, -0.05) is 11.6 Å². The van der Waals surface area contributed by atoms with Crippen molar-refractivity contribution >= 4 is 28.8 Å². The molecule has 0 spiro atoms. The fraction of sp³-hybridized carbons (Fsp3) is 0.0833. The molecular weight excluding hydrogens is 222 g/mol. The second-order valence-corrected chi connectivity index (χ2v) is 3.99. The maximum atomic E-state index is 5.80. The molecule has 0 unspecified atom stereocenters. The minimum atomic E-state index is 0.710. The molecule has 0 aliphatic carbocycles. The molecule has 82 valence electrons. The van der Waals surface area contributed by atoms with E-state index >= 15 is 0 Å². The van der Waals surface area contributed by atoms with E-state index in [2.05, 4.69) is 10.3 Å². The Kier molecular flexibility index (Phi) is 2.97. The summed E-state index contributed by atoms with van der Waals surface area (Å²) in [5.41, 5.74) is 8.43. The Morgan fingerprint density at radius 1 is 1.25 bits per heavy atom. The van der Waals surface area contributed by atoms with Crippen molar-refractivity contribution in [2.24, 2.45) is 0 Å². The summed E-state index contributed by atoms with van der Waals surface area (Å²) in [7, 11) is 0. The van der Waals surface area contributed by atoms with Crippen molar-refractivity contribution in [3.8, 4) is 0 Å². The summed E-state index contributed by atoms with van der Waals surface area (Å²) in [5, 5.41) is 3.86. The highest BCUT2D eigenvalue weighted by Crippen LogP contribution is 2.20. The highest BCUT2D eigenvalue weighted by molar-refractivity contribution is 6.30. The lowest BCUT2D eigenvalue weighted by molar-refractivity contribution is 1.26. The first-order valence-electron chi connectivity index (χ1n) is 4.90. The molecule has 4 heteroatoms. The largest absolute Gasteiger partial charge is 0.398 e. The van der Waals surface area contributed by atoms with Crippen LogP contribution in [-0.4, -0.2) is 4.98 Å². The number of anilines is 3. The summed E-state index contributed by atoms with van der Waals surface area (Å²) in [4.78, 5) is 4.23. The minimum Gasteiger partial charge on any atom is -0.398 e. The first kappa shape index (κ1) is 10.8. The lowest BCUT2D eigenvalue weighted by atomic mass is 10.2. The number of aromatic nitrogens is 1. The Morgan fingerprint density at radius 3 is 2.56 bits per heavy atom. The Labute approximate surface area is 99.3 Å². The van der Waals surface area contributed by atoms with Gasteiger partial charge in [0, 0.05) is 28.7 Å². The van der Waals surface area contributed by atoms with E-state index in [1.807, 2.05) is 37.3 Å². The molecule has 0 amide bonds. The third-order valence-corrected chi connectivity index (χ3v) is 2.51. The molecule has 0 atom stereocenters. The van der Waals surface area contributed by atoms with Gasteiger partial charge in [0.2, 0.25) is 0 Å². The van der Waals surface area contributed by atoms with Crippen LogP contribution in [0.5, 0.6) is 0 Å². The third-order valence-electron chi connectivity index (χ3n) is 2.26. The van der Waals surface area contributed by atoms with Crippen molar-refractivity contribution < 1.29 is 0 Å². The average Bonchev–Trinajstić information content (AvgIpc) is 2.27. The Hall–Kier alpha value is -1.74. The van der Waals surface area contributed by atoms with Crippen molar-refractivity contribution in [3.63, 3.8) is 0 Å². The van der Waals surface area contributed by atoms with Crippen LogP contribution in [0.1, 0.15) is 5.56 Å². The monoisotopic (exact) mass is 233 g/mol. The van der Waals surface area contributed by atoms with Crippen molar-refractivity contribution in [2.75, 3.05) is 11.1 Å². The quantitative estimate of drug-likeness (QED) is 0.836. The summed E-state index contributed by atoms with van der Waals surface area (Å²) >= 11 is 5.80. The number of nitrogens with two attached hydrogens (primary N) is 1. The van der Waals surface area contributed by atoms with Gasteiger partial charge < -0.3 is 11.1 Å². The van der Waals surface area contributed by atoms with Crippen LogP contribution in [0.3, 0.4) is 0 Å². The molecule has 0 bridgehead atoms. The molecule has 3 nitrogen and oxygen atoms in total. The molecule has 1 aromatic heterocycles. The van der Waals surface area contributed by atoms with Crippen LogP contribution in [0.2, 0.25) is 5.02 Å². The van der Waals surface area contributed by atoms with Crippen LogP contribution >= 0.6 is 11.6 Å². The van der Waals surface area contributed by atoms with E-state index in [1.54, 1.807) is 6.20 Å². The normalized spacial score (nSPS) is 10.1. The van der Waals surface area contributed by atoms with Crippen LogP contribution < -0.4 is 11.1 Å². The second kappa shape index (κ2) is 4.41. The summed E-state index contributed by atoms with van der Waals surface area (Å²) in [6, 6.07) is 9.23. The predicted octanol–water partition coefficient (Wildman–Crippen LogP) is 3.37. The molecule has 0 aliphatic rings. The van der Waals surface area contributed by atoms with Crippen molar-refractivity contribution in [1.29, 1.82) is 0 Å². The van der Waals surface area contributed by atoms with Crippen LogP contribution in [0, 0.1) is 6.92 Å². The Morgan fingerprint density at radius 2 is 1.94 bits per heavy atom. The van der Waals surface area contributed by atoms with Gasteiger partial charge in [-0.3, -0.25) is 0 Å². The number of hydrogen-bond donors (Lipinski definition) is 2. The summed E-state index contributed by atoms with van der Waals surface area (Å²) in [5.74, 6) is 0.727. The number of hydrogen-bond acceptors (Lipinski definition) is 3. The van der Waals surface area contributed by atoms with Crippen molar-refractivity contribution in [1.82, 2.24) is 4.98 Å². The lowest BCUT2D eigenvalue weighted by Crippen LogP contribution is -1.97. The topological polar surface area (TPSA) is 50.9 Å². The van der Waals surface area contributed by atoms with E-state index in [9.17, 15) is 0 Å². The maximum absolute atomic E-state index is 5.80. The zero-order valence-corrected chi connectivity index (χ0v) is 9.62. The molecule has 0 saturated carbocycles. The molecular formula is C12H12ClN3. The van der Waals surface area contributed by atoms with Gasteiger partial charge in [-0.25, -0.2) is 4.98 Å². The van der Waals surface area contributed by atoms with Crippen LogP contribution in [0.15, 0.2) is 36.5 Å². The zero-order chi connectivity index (χ0) is 11.5. The fourth-order valence-electron chi connectivity index (χ4n) is 1.29. The Balaban J connectivity index is 2.20. The molecule has 2 aromatic rings. The molecule has 3 N–H and O–H groups in total. The van der Waals surface area contributed by atoms with Crippen LogP contribution in [0.25, 0.3) is 0 Å². The first-order chi connectivity index (χ1) is 7.65. The van der Waals surface area contributed by atoms with Crippen LogP contribution in [0.4, 0.5) is 17.2 Å². The first-order valence-corrected chi connectivity index (χ1v) is 5.27. The molecule has 16 heavy (non-hydrogen) atoms.